The predicted molar refractivity (Wildman–Crippen MR) is 104 cm³/mol. The van der Waals surface area contributed by atoms with Crippen molar-refractivity contribution in [2.75, 3.05) is 24.2 Å². The van der Waals surface area contributed by atoms with Crippen molar-refractivity contribution >= 4 is 28.6 Å². The van der Waals surface area contributed by atoms with E-state index in [0.29, 0.717) is 18.9 Å². The maximum atomic E-state index is 12.4. The van der Waals surface area contributed by atoms with Crippen LogP contribution in [0.5, 0.6) is 0 Å². The molecule has 0 radical (unpaired) electrons. The number of nitrogens with one attached hydrogen (secondary N) is 1. The maximum Gasteiger partial charge on any atom is 0.321 e. The fourth-order valence-corrected chi connectivity index (χ4v) is 3.05. The number of amides is 2. The highest BCUT2D eigenvalue weighted by atomic mass is 16.2. The summed E-state index contributed by atoms with van der Waals surface area (Å²) in [5.41, 5.74) is 10.5. The molecule has 0 saturated carbocycles. The number of hydrogen-bond donors (Lipinski definition) is 2. The lowest BCUT2D eigenvalue weighted by atomic mass is 10.2. The number of rotatable bonds is 4. The molecule has 2 amide bonds. The average Bonchev–Trinajstić information content (AvgIpc) is 2.97. The van der Waals surface area contributed by atoms with Crippen molar-refractivity contribution in [3.8, 4) is 0 Å². The van der Waals surface area contributed by atoms with Crippen LogP contribution < -0.4 is 16.0 Å². The Bertz CT molecular complexity index is 948. The fourth-order valence-electron chi connectivity index (χ4n) is 3.05. The van der Waals surface area contributed by atoms with Crippen LogP contribution in [0.3, 0.4) is 0 Å². The third-order valence-corrected chi connectivity index (χ3v) is 4.65. The molecule has 0 aliphatic heterocycles. The van der Waals surface area contributed by atoms with Gasteiger partial charge in [0.2, 0.25) is 0 Å². The number of hydrogen-bond acceptors (Lipinski definition) is 4. The number of pyridine rings is 1. The summed E-state index contributed by atoms with van der Waals surface area (Å²) in [6, 6.07) is 9.39. The van der Waals surface area contributed by atoms with Crippen LogP contribution in [0, 0.1) is 20.8 Å². The molecule has 0 aliphatic rings. The van der Waals surface area contributed by atoms with Crippen molar-refractivity contribution in [1.29, 1.82) is 0 Å². The molecule has 0 atom stereocenters. The second-order valence-electron chi connectivity index (χ2n) is 6.34. The Morgan fingerprint density at radius 2 is 1.88 bits per heavy atom. The molecule has 7 heteroatoms. The third kappa shape index (κ3) is 3.20. The van der Waals surface area contributed by atoms with Crippen molar-refractivity contribution in [1.82, 2.24) is 19.9 Å². The minimum absolute atomic E-state index is 0.146. The third-order valence-electron chi connectivity index (χ3n) is 4.65. The van der Waals surface area contributed by atoms with Crippen molar-refractivity contribution in [2.24, 2.45) is 0 Å². The zero-order valence-electron chi connectivity index (χ0n) is 15.6. The summed E-state index contributed by atoms with van der Waals surface area (Å²) in [5, 5.41) is 2.95. The molecule has 2 heterocycles. The van der Waals surface area contributed by atoms with Crippen LogP contribution in [0.2, 0.25) is 0 Å². The van der Waals surface area contributed by atoms with Gasteiger partial charge in [-0.2, -0.15) is 0 Å². The smallest absolute Gasteiger partial charge is 0.321 e. The summed E-state index contributed by atoms with van der Waals surface area (Å²) in [6.07, 6.45) is 0. The van der Waals surface area contributed by atoms with Gasteiger partial charge >= 0.3 is 6.03 Å². The molecular weight excluding hydrogens is 328 g/mol. The SMILES string of the molecule is Cc1nc(N)c2nc(C)n(CCNC(=O)N(C)c3ccccc3)c2c1C. The topological polar surface area (TPSA) is 89.1 Å². The van der Waals surface area contributed by atoms with Gasteiger partial charge in [0.25, 0.3) is 0 Å². The van der Waals surface area contributed by atoms with E-state index in [-0.39, 0.29) is 6.03 Å². The minimum Gasteiger partial charge on any atom is -0.382 e. The van der Waals surface area contributed by atoms with Gasteiger partial charge < -0.3 is 15.6 Å². The highest BCUT2D eigenvalue weighted by Gasteiger charge is 2.16. The lowest BCUT2D eigenvalue weighted by Gasteiger charge is -2.18. The van der Waals surface area contributed by atoms with Gasteiger partial charge in [0.15, 0.2) is 5.82 Å². The highest BCUT2D eigenvalue weighted by molar-refractivity contribution is 5.91. The molecule has 26 heavy (non-hydrogen) atoms. The second kappa shape index (κ2) is 7.03. The predicted octanol–water partition coefficient (Wildman–Crippen LogP) is 2.78. The lowest BCUT2D eigenvalue weighted by Crippen LogP contribution is -2.38. The second-order valence-corrected chi connectivity index (χ2v) is 6.34. The number of nitrogens with two attached hydrogens (primary N) is 1. The van der Waals surface area contributed by atoms with Gasteiger partial charge in [0.05, 0.1) is 5.52 Å². The van der Waals surface area contributed by atoms with Gasteiger partial charge in [-0.15, -0.1) is 0 Å². The summed E-state index contributed by atoms with van der Waals surface area (Å²) < 4.78 is 2.08. The number of aryl methyl sites for hydroxylation is 3. The van der Waals surface area contributed by atoms with Crippen LogP contribution >= 0.6 is 0 Å². The standard InChI is InChI=1S/C19H24N6O/c1-12-13(2)22-18(20)16-17(12)25(14(3)23-16)11-10-21-19(26)24(4)15-8-6-5-7-9-15/h5-9H,10-11H2,1-4H3,(H2,20,22)(H,21,26). The molecular formula is C19H24N6O. The summed E-state index contributed by atoms with van der Waals surface area (Å²) in [4.78, 5) is 22.8. The first-order valence-corrected chi connectivity index (χ1v) is 8.56. The van der Waals surface area contributed by atoms with Crippen molar-refractivity contribution in [3.05, 3.63) is 47.4 Å². The van der Waals surface area contributed by atoms with Crippen molar-refractivity contribution in [2.45, 2.75) is 27.3 Å². The Labute approximate surface area is 152 Å². The molecule has 1 aromatic carbocycles. The molecule has 0 spiro atoms. The van der Waals surface area contributed by atoms with E-state index >= 15 is 0 Å². The number of carbonyl (C=O) groups is 1. The quantitative estimate of drug-likeness (QED) is 0.755. The molecule has 0 fully saturated rings. The number of urea groups is 1. The molecule has 7 nitrogen and oxygen atoms in total. The van der Waals surface area contributed by atoms with Gasteiger partial charge in [-0.05, 0) is 38.5 Å². The van der Waals surface area contributed by atoms with Crippen LogP contribution in [0.4, 0.5) is 16.3 Å². The van der Waals surface area contributed by atoms with E-state index in [1.54, 1.807) is 11.9 Å². The van der Waals surface area contributed by atoms with Crippen molar-refractivity contribution in [3.63, 3.8) is 0 Å². The average molecular weight is 352 g/mol. The first-order chi connectivity index (χ1) is 12.4. The van der Waals surface area contributed by atoms with E-state index in [9.17, 15) is 4.79 Å². The Morgan fingerprint density at radius 3 is 2.58 bits per heavy atom. The van der Waals surface area contributed by atoms with Crippen LogP contribution in [0.15, 0.2) is 30.3 Å². The first-order valence-electron chi connectivity index (χ1n) is 8.56. The van der Waals surface area contributed by atoms with E-state index in [1.807, 2.05) is 51.1 Å². The number of para-hydroxylation sites is 1. The number of nitrogen functional groups attached to an aromatic ring is 1. The number of aromatic nitrogens is 3. The zero-order valence-corrected chi connectivity index (χ0v) is 15.6. The van der Waals surface area contributed by atoms with E-state index in [1.165, 1.54) is 0 Å². The minimum atomic E-state index is -0.146. The van der Waals surface area contributed by atoms with Gasteiger partial charge in [-0.1, -0.05) is 18.2 Å². The molecule has 3 aromatic rings. The molecule has 0 unspecified atom stereocenters. The Hall–Kier alpha value is -3.09. The lowest BCUT2D eigenvalue weighted by molar-refractivity contribution is 0.247. The van der Waals surface area contributed by atoms with E-state index in [2.05, 4.69) is 19.9 Å². The van der Waals surface area contributed by atoms with Crippen LogP contribution in [-0.2, 0) is 6.54 Å². The van der Waals surface area contributed by atoms with E-state index in [0.717, 1.165) is 33.8 Å². The summed E-state index contributed by atoms with van der Waals surface area (Å²) in [6.45, 7) is 6.99. The van der Waals surface area contributed by atoms with Crippen LogP contribution in [0.1, 0.15) is 17.1 Å². The number of fused-ring (bicyclic) bond motifs is 1. The number of imidazole rings is 1. The zero-order chi connectivity index (χ0) is 18.8. The maximum absolute atomic E-state index is 12.4. The summed E-state index contributed by atoms with van der Waals surface area (Å²) >= 11 is 0. The van der Waals surface area contributed by atoms with Gasteiger partial charge in [0, 0.05) is 31.5 Å². The van der Waals surface area contributed by atoms with Crippen molar-refractivity contribution < 1.29 is 4.79 Å². The number of nitrogens with zero attached hydrogens (tertiary/aromatic N) is 4. The number of carbonyl (C=O) groups excluding carboxylic acids is 1. The molecule has 3 N–H and O–H groups in total. The van der Waals surface area contributed by atoms with E-state index in [4.69, 9.17) is 5.73 Å². The highest BCUT2D eigenvalue weighted by Crippen LogP contribution is 2.25. The molecule has 0 bridgehead atoms. The van der Waals surface area contributed by atoms with Crippen LogP contribution in [0.25, 0.3) is 11.0 Å². The molecule has 136 valence electrons. The number of anilines is 2. The normalized spacial score (nSPS) is 10.9. The van der Waals surface area contributed by atoms with Gasteiger partial charge in [0.1, 0.15) is 11.3 Å². The summed E-state index contributed by atoms with van der Waals surface area (Å²) in [5.74, 6) is 1.30. The van der Waals surface area contributed by atoms with Gasteiger partial charge in [-0.25, -0.2) is 14.8 Å². The summed E-state index contributed by atoms with van der Waals surface area (Å²) in [7, 11) is 1.75. The Kier molecular flexibility index (Phi) is 4.79. The molecule has 3 rings (SSSR count). The molecule has 0 aliphatic carbocycles. The first kappa shape index (κ1) is 17.7. The molecule has 2 aromatic heterocycles. The van der Waals surface area contributed by atoms with Gasteiger partial charge in [-0.3, -0.25) is 4.90 Å². The van der Waals surface area contributed by atoms with Crippen LogP contribution in [-0.4, -0.2) is 34.2 Å². The largest absolute Gasteiger partial charge is 0.382 e. The van der Waals surface area contributed by atoms with E-state index < -0.39 is 0 Å². The monoisotopic (exact) mass is 352 g/mol. The fraction of sp³-hybridized carbons (Fsp3) is 0.316. The Balaban J connectivity index is 1.74. The number of benzene rings is 1. The molecule has 0 saturated heterocycles. The Morgan fingerprint density at radius 1 is 1.19 bits per heavy atom.